The maximum Gasteiger partial charge on any atom is 0.138 e. The highest BCUT2D eigenvalue weighted by Crippen LogP contribution is 2.07. The van der Waals surface area contributed by atoms with E-state index in [0.717, 1.165) is 31.8 Å². The average Bonchev–Trinajstić information content (AvgIpc) is 2.71. The molecule has 0 aliphatic heterocycles. The molecule has 98 valence electrons. The third-order valence-electron chi connectivity index (χ3n) is 2.94. The molecule has 17 heavy (non-hydrogen) atoms. The summed E-state index contributed by atoms with van der Waals surface area (Å²) in [7, 11) is 0. The van der Waals surface area contributed by atoms with Gasteiger partial charge in [-0.05, 0) is 25.3 Å². The first kappa shape index (κ1) is 14.2. The van der Waals surface area contributed by atoms with E-state index in [1.807, 2.05) is 4.68 Å². The quantitative estimate of drug-likeness (QED) is 0.755. The van der Waals surface area contributed by atoms with E-state index in [0.29, 0.717) is 12.0 Å². The largest absolute Gasteiger partial charge is 0.314 e. The maximum absolute atomic E-state index is 4.36. The molecule has 1 atom stereocenters. The average molecular weight is 238 g/mol. The number of nitrogens with zero attached hydrogens (tertiary/aromatic N) is 3. The summed E-state index contributed by atoms with van der Waals surface area (Å²) in [5, 5.41) is 7.79. The zero-order valence-corrected chi connectivity index (χ0v) is 11.6. The summed E-state index contributed by atoms with van der Waals surface area (Å²) in [5.41, 5.74) is 0. The molecule has 1 aromatic rings. The molecule has 1 unspecified atom stereocenters. The molecular formula is C13H26N4. The molecule has 1 N–H and O–H groups in total. The molecule has 4 heteroatoms. The van der Waals surface area contributed by atoms with E-state index in [9.17, 15) is 0 Å². The summed E-state index contributed by atoms with van der Waals surface area (Å²) in [5.74, 6) is 1.74. The lowest BCUT2D eigenvalue weighted by atomic mass is 10.1. The number of nitrogens with one attached hydrogen (secondary N) is 1. The van der Waals surface area contributed by atoms with Crippen molar-refractivity contribution in [2.75, 3.05) is 6.54 Å². The van der Waals surface area contributed by atoms with Gasteiger partial charge < -0.3 is 5.32 Å². The zero-order valence-electron chi connectivity index (χ0n) is 11.6. The van der Waals surface area contributed by atoms with Gasteiger partial charge in [0.05, 0.1) is 0 Å². The number of hydrogen-bond donors (Lipinski definition) is 1. The fraction of sp³-hybridized carbons (Fsp3) is 0.846. The van der Waals surface area contributed by atoms with Gasteiger partial charge in [-0.15, -0.1) is 0 Å². The summed E-state index contributed by atoms with van der Waals surface area (Å²) in [6.07, 6.45) is 5.00. The Balaban J connectivity index is 2.47. The summed E-state index contributed by atoms with van der Waals surface area (Å²) >= 11 is 0. The topological polar surface area (TPSA) is 42.7 Å². The predicted molar refractivity (Wildman–Crippen MR) is 70.9 cm³/mol. The summed E-state index contributed by atoms with van der Waals surface area (Å²) in [6.45, 7) is 10.8. The number of aromatic nitrogens is 3. The molecule has 0 saturated heterocycles. The minimum atomic E-state index is 0.601. The maximum atomic E-state index is 4.36. The Labute approximate surface area is 105 Å². The van der Waals surface area contributed by atoms with Gasteiger partial charge in [-0.1, -0.05) is 27.7 Å². The second-order valence-electron chi connectivity index (χ2n) is 4.95. The van der Waals surface area contributed by atoms with Crippen molar-refractivity contribution in [3.63, 3.8) is 0 Å². The third-order valence-corrected chi connectivity index (χ3v) is 2.94. The molecule has 0 aromatic carbocycles. The fourth-order valence-corrected chi connectivity index (χ4v) is 2.02. The van der Waals surface area contributed by atoms with Gasteiger partial charge in [-0.25, -0.2) is 9.67 Å². The molecule has 0 bridgehead atoms. The van der Waals surface area contributed by atoms with Gasteiger partial charge in [0.1, 0.15) is 12.2 Å². The van der Waals surface area contributed by atoms with E-state index in [1.165, 1.54) is 6.42 Å². The first-order valence-electron chi connectivity index (χ1n) is 6.77. The van der Waals surface area contributed by atoms with Gasteiger partial charge in [0.25, 0.3) is 0 Å². The van der Waals surface area contributed by atoms with Crippen LogP contribution in [0, 0.1) is 5.92 Å². The molecule has 0 saturated carbocycles. The number of aryl methyl sites for hydroxylation is 1. The van der Waals surface area contributed by atoms with Crippen LogP contribution in [0.5, 0.6) is 0 Å². The summed E-state index contributed by atoms with van der Waals surface area (Å²) in [6, 6.07) is 0.601. The van der Waals surface area contributed by atoms with Crippen molar-refractivity contribution >= 4 is 0 Å². The molecule has 0 amide bonds. The van der Waals surface area contributed by atoms with Crippen molar-refractivity contribution in [1.82, 2.24) is 20.1 Å². The molecule has 0 fully saturated rings. The van der Waals surface area contributed by atoms with Gasteiger partial charge in [-0.2, -0.15) is 5.10 Å². The minimum absolute atomic E-state index is 0.601. The van der Waals surface area contributed by atoms with Gasteiger partial charge in [0, 0.05) is 19.0 Å². The molecule has 0 aliphatic carbocycles. The highest BCUT2D eigenvalue weighted by atomic mass is 15.3. The van der Waals surface area contributed by atoms with Gasteiger partial charge in [-0.3, -0.25) is 0 Å². The Bertz CT molecular complexity index is 306. The van der Waals surface area contributed by atoms with E-state index in [4.69, 9.17) is 0 Å². The van der Waals surface area contributed by atoms with E-state index >= 15 is 0 Å². The molecular weight excluding hydrogens is 212 g/mol. The molecule has 1 aromatic heterocycles. The highest BCUT2D eigenvalue weighted by Gasteiger charge is 2.09. The third kappa shape index (κ3) is 4.86. The van der Waals surface area contributed by atoms with Crippen molar-refractivity contribution in [3.05, 3.63) is 12.2 Å². The molecule has 0 aliphatic rings. The first-order chi connectivity index (χ1) is 8.17. The molecule has 1 heterocycles. The van der Waals surface area contributed by atoms with Crippen molar-refractivity contribution in [2.45, 2.75) is 59.5 Å². The van der Waals surface area contributed by atoms with Crippen LogP contribution in [-0.2, 0) is 13.0 Å². The summed E-state index contributed by atoms with van der Waals surface area (Å²) < 4.78 is 2.04. The monoisotopic (exact) mass is 238 g/mol. The number of rotatable bonds is 8. The van der Waals surface area contributed by atoms with E-state index in [1.54, 1.807) is 6.33 Å². The second-order valence-corrected chi connectivity index (χ2v) is 4.95. The van der Waals surface area contributed by atoms with Gasteiger partial charge >= 0.3 is 0 Å². The molecule has 0 radical (unpaired) electrons. The fourth-order valence-electron chi connectivity index (χ4n) is 2.02. The standard InChI is InChI=1S/C13H26N4/c1-5-12(14-6-2)7-8-13-15-10-16-17(13)9-11(3)4/h10-12,14H,5-9H2,1-4H3. The normalized spacial score (nSPS) is 13.2. The second kappa shape index (κ2) is 7.43. The smallest absolute Gasteiger partial charge is 0.138 e. The first-order valence-corrected chi connectivity index (χ1v) is 6.77. The lowest BCUT2D eigenvalue weighted by molar-refractivity contribution is 0.440. The lowest BCUT2D eigenvalue weighted by Crippen LogP contribution is -2.29. The predicted octanol–water partition coefficient (Wildman–Crippen LogP) is 2.25. The Hall–Kier alpha value is -0.900. The summed E-state index contributed by atoms with van der Waals surface area (Å²) in [4.78, 5) is 4.36. The molecule has 1 rings (SSSR count). The van der Waals surface area contributed by atoms with Crippen LogP contribution in [0.3, 0.4) is 0 Å². The SMILES string of the molecule is CCNC(CC)CCc1ncnn1CC(C)C. The molecule has 4 nitrogen and oxygen atoms in total. The van der Waals surface area contributed by atoms with Crippen molar-refractivity contribution in [2.24, 2.45) is 5.92 Å². The Morgan fingerprint density at radius 1 is 1.35 bits per heavy atom. The molecule has 0 spiro atoms. The van der Waals surface area contributed by atoms with E-state index in [-0.39, 0.29) is 0 Å². The van der Waals surface area contributed by atoms with Gasteiger partial charge in [0.2, 0.25) is 0 Å². The number of hydrogen-bond acceptors (Lipinski definition) is 3. The lowest BCUT2D eigenvalue weighted by Gasteiger charge is -2.15. The van der Waals surface area contributed by atoms with Gasteiger partial charge in [0.15, 0.2) is 0 Å². The van der Waals surface area contributed by atoms with Crippen LogP contribution in [0.25, 0.3) is 0 Å². The van der Waals surface area contributed by atoms with E-state index in [2.05, 4.69) is 43.1 Å². The van der Waals surface area contributed by atoms with Crippen LogP contribution in [0.4, 0.5) is 0 Å². The Morgan fingerprint density at radius 3 is 2.71 bits per heavy atom. The zero-order chi connectivity index (χ0) is 12.7. The van der Waals surface area contributed by atoms with Crippen LogP contribution >= 0.6 is 0 Å². The van der Waals surface area contributed by atoms with Crippen molar-refractivity contribution < 1.29 is 0 Å². The van der Waals surface area contributed by atoms with Crippen LogP contribution in [0.1, 0.15) is 46.4 Å². The highest BCUT2D eigenvalue weighted by molar-refractivity contribution is 4.86. The van der Waals surface area contributed by atoms with Crippen LogP contribution in [0.2, 0.25) is 0 Å². The Morgan fingerprint density at radius 2 is 2.12 bits per heavy atom. The van der Waals surface area contributed by atoms with E-state index < -0.39 is 0 Å². The van der Waals surface area contributed by atoms with Crippen molar-refractivity contribution in [1.29, 1.82) is 0 Å². The Kier molecular flexibility index (Phi) is 6.19. The van der Waals surface area contributed by atoms with Crippen LogP contribution < -0.4 is 5.32 Å². The minimum Gasteiger partial charge on any atom is -0.314 e. The van der Waals surface area contributed by atoms with Crippen LogP contribution in [-0.4, -0.2) is 27.4 Å². The van der Waals surface area contributed by atoms with Crippen molar-refractivity contribution in [3.8, 4) is 0 Å². The van der Waals surface area contributed by atoms with Crippen LogP contribution in [0.15, 0.2) is 6.33 Å².